The first kappa shape index (κ1) is 13.2. The molecule has 1 N–H and O–H groups in total. The van der Waals surface area contributed by atoms with E-state index in [2.05, 4.69) is 5.32 Å². The minimum atomic E-state index is -0.887. The molecule has 0 radical (unpaired) electrons. The highest BCUT2D eigenvalue weighted by Gasteiger charge is 2.23. The van der Waals surface area contributed by atoms with Crippen molar-refractivity contribution in [2.45, 2.75) is 12.3 Å². The van der Waals surface area contributed by atoms with E-state index in [9.17, 15) is 8.78 Å². The van der Waals surface area contributed by atoms with Crippen LogP contribution in [0.3, 0.4) is 0 Å². The molecule has 1 saturated heterocycles. The number of hydrogen-bond donors (Lipinski definition) is 1. The monoisotopic (exact) mass is 249 g/mol. The molecule has 90 valence electrons. The van der Waals surface area contributed by atoms with Gasteiger partial charge in [0.1, 0.15) is 0 Å². The van der Waals surface area contributed by atoms with Crippen molar-refractivity contribution in [1.29, 1.82) is 0 Å². The Morgan fingerprint density at radius 3 is 2.69 bits per heavy atom. The van der Waals surface area contributed by atoms with E-state index < -0.39 is 11.6 Å². The molecule has 1 aromatic carbocycles. The quantitative estimate of drug-likeness (QED) is 0.870. The summed E-state index contributed by atoms with van der Waals surface area (Å²) in [6.07, 6.45) is 0.932. The molecule has 1 heterocycles. The second-order valence-electron chi connectivity index (χ2n) is 3.67. The van der Waals surface area contributed by atoms with Crippen molar-refractivity contribution in [3.63, 3.8) is 0 Å². The third-order valence-electron chi connectivity index (χ3n) is 2.78. The minimum absolute atomic E-state index is 0. The highest BCUT2D eigenvalue weighted by molar-refractivity contribution is 5.85. The molecule has 16 heavy (non-hydrogen) atoms. The number of nitrogens with one attached hydrogen (secondary N) is 1. The maximum absolute atomic E-state index is 13.4. The predicted molar refractivity (Wildman–Crippen MR) is 60.4 cm³/mol. The van der Waals surface area contributed by atoms with E-state index in [0.717, 1.165) is 31.1 Å². The molecule has 0 aliphatic carbocycles. The van der Waals surface area contributed by atoms with Crippen molar-refractivity contribution in [2.75, 3.05) is 20.2 Å². The van der Waals surface area contributed by atoms with Gasteiger partial charge in [-0.3, -0.25) is 0 Å². The largest absolute Gasteiger partial charge is 0.493 e. The first-order chi connectivity index (χ1) is 7.24. The Hall–Kier alpha value is -0.870. The molecular weight excluding hydrogens is 236 g/mol. The van der Waals surface area contributed by atoms with Crippen molar-refractivity contribution in [3.8, 4) is 5.75 Å². The topological polar surface area (TPSA) is 21.3 Å². The summed E-state index contributed by atoms with van der Waals surface area (Å²) in [4.78, 5) is 0. The van der Waals surface area contributed by atoms with E-state index in [-0.39, 0.29) is 24.1 Å². The summed E-state index contributed by atoms with van der Waals surface area (Å²) in [5.41, 5.74) is 0.751. The van der Waals surface area contributed by atoms with Gasteiger partial charge in [-0.05, 0) is 19.0 Å². The van der Waals surface area contributed by atoms with E-state index in [4.69, 9.17) is 4.74 Å². The molecule has 0 saturated carbocycles. The molecule has 0 bridgehead atoms. The van der Waals surface area contributed by atoms with Gasteiger partial charge in [0.25, 0.3) is 0 Å². The summed E-state index contributed by atoms with van der Waals surface area (Å²) in [6.45, 7) is 1.70. The number of ether oxygens (including phenoxy) is 1. The first-order valence-electron chi connectivity index (χ1n) is 4.96. The number of benzene rings is 1. The lowest BCUT2D eigenvalue weighted by Gasteiger charge is -2.14. The zero-order chi connectivity index (χ0) is 10.8. The van der Waals surface area contributed by atoms with Crippen molar-refractivity contribution in [3.05, 3.63) is 29.3 Å². The fourth-order valence-electron chi connectivity index (χ4n) is 2.00. The van der Waals surface area contributed by atoms with Gasteiger partial charge in [0.15, 0.2) is 11.6 Å². The van der Waals surface area contributed by atoms with Gasteiger partial charge in [0.05, 0.1) is 7.11 Å². The average molecular weight is 250 g/mol. The number of hydrogen-bond acceptors (Lipinski definition) is 2. The van der Waals surface area contributed by atoms with Crippen LogP contribution in [0.2, 0.25) is 0 Å². The lowest BCUT2D eigenvalue weighted by Crippen LogP contribution is -2.09. The summed E-state index contributed by atoms with van der Waals surface area (Å²) >= 11 is 0. The normalized spacial score (nSPS) is 19.3. The van der Waals surface area contributed by atoms with Crippen molar-refractivity contribution >= 4 is 12.4 Å². The summed E-state index contributed by atoms with van der Waals surface area (Å²) in [5.74, 6) is -1.48. The van der Waals surface area contributed by atoms with Crippen molar-refractivity contribution in [1.82, 2.24) is 5.32 Å². The SMILES string of the molecule is COc1c(C2CCNC2)ccc(F)c1F.Cl. The highest BCUT2D eigenvalue weighted by atomic mass is 35.5. The fraction of sp³-hybridized carbons (Fsp3) is 0.455. The van der Waals surface area contributed by atoms with Crippen molar-refractivity contribution < 1.29 is 13.5 Å². The zero-order valence-corrected chi connectivity index (χ0v) is 9.74. The molecular formula is C11H14ClF2NO. The van der Waals surface area contributed by atoms with Gasteiger partial charge in [0, 0.05) is 18.0 Å². The predicted octanol–water partition coefficient (Wildman–Crippen LogP) is 2.47. The Morgan fingerprint density at radius 1 is 1.38 bits per heavy atom. The molecule has 1 atom stereocenters. The Morgan fingerprint density at radius 2 is 2.12 bits per heavy atom. The van der Waals surface area contributed by atoms with E-state index in [1.807, 2.05) is 0 Å². The Balaban J connectivity index is 0.00000128. The molecule has 1 unspecified atom stereocenters. The molecule has 5 heteroatoms. The van der Waals surface area contributed by atoms with Crippen LogP contribution in [0.1, 0.15) is 17.9 Å². The third-order valence-corrected chi connectivity index (χ3v) is 2.78. The molecule has 0 spiro atoms. The average Bonchev–Trinajstić information content (AvgIpc) is 2.75. The maximum Gasteiger partial charge on any atom is 0.200 e. The van der Waals surface area contributed by atoms with E-state index >= 15 is 0 Å². The molecule has 1 fully saturated rings. The second kappa shape index (κ2) is 5.46. The first-order valence-corrected chi connectivity index (χ1v) is 4.96. The number of rotatable bonds is 2. The van der Waals surface area contributed by atoms with Crippen LogP contribution in [-0.4, -0.2) is 20.2 Å². The van der Waals surface area contributed by atoms with E-state index in [0.29, 0.717) is 0 Å². The van der Waals surface area contributed by atoms with Gasteiger partial charge in [0.2, 0.25) is 5.82 Å². The molecule has 1 aliphatic rings. The standard InChI is InChI=1S/C11H13F2NO.ClH/c1-15-11-8(7-4-5-14-6-7)2-3-9(12)10(11)13;/h2-3,7,14H,4-6H2,1H3;1H. The lowest BCUT2D eigenvalue weighted by molar-refractivity contribution is 0.364. The van der Waals surface area contributed by atoms with Gasteiger partial charge in [-0.2, -0.15) is 4.39 Å². The molecule has 2 nitrogen and oxygen atoms in total. The lowest BCUT2D eigenvalue weighted by atomic mass is 9.97. The minimum Gasteiger partial charge on any atom is -0.493 e. The molecule has 0 aromatic heterocycles. The van der Waals surface area contributed by atoms with Gasteiger partial charge in [-0.1, -0.05) is 6.07 Å². The summed E-state index contributed by atoms with van der Waals surface area (Å²) in [5, 5.41) is 3.18. The Kier molecular flexibility index (Phi) is 4.50. The van der Waals surface area contributed by atoms with Crippen LogP contribution in [-0.2, 0) is 0 Å². The smallest absolute Gasteiger partial charge is 0.200 e. The summed E-state index contributed by atoms with van der Waals surface area (Å²) < 4.78 is 31.3. The maximum atomic E-state index is 13.4. The molecule has 1 aromatic rings. The van der Waals surface area contributed by atoms with Gasteiger partial charge >= 0.3 is 0 Å². The third kappa shape index (κ3) is 2.28. The van der Waals surface area contributed by atoms with Crippen molar-refractivity contribution in [2.24, 2.45) is 0 Å². The highest BCUT2D eigenvalue weighted by Crippen LogP contribution is 2.33. The van der Waals surface area contributed by atoms with Gasteiger partial charge in [-0.25, -0.2) is 4.39 Å². The van der Waals surface area contributed by atoms with Gasteiger partial charge < -0.3 is 10.1 Å². The molecule has 0 amide bonds. The molecule has 2 rings (SSSR count). The number of methoxy groups -OCH3 is 1. The van der Waals surface area contributed by atoms with E-state index in [1.165, 1.54) is 7.11 Å². The molecule has 1 aliphatic heterocycles. The van der Waals surface area contributed by atoms with E-state index in [1.54, 1.807) is 6.07 Å². The van der Waals surface area contributed by atoms with Crippen LogP contribution in [0.15, 0.2) is 12.1 Å². The Labute approximate surface area is 99.4 Å². The fourth-order valence-corrected chi connectivity index (χ4v) is 2.00. The van der Waals surface area contributed by atoms with Crippen LogP contribution >= 0.6 is 12.4 Å². The van der Waals surface area contributed by atoms with Crippen LogP contribution in [0.25, 0.3) is 0 Å². The van der Waals surface area contributed by atoms with Crippen LogP contribution < -0.4 is 10.1 Å². The van der Waals surface area contributed by atoms with Crippen LogP contribution in [0.4, 0.5) is 8.78 Å². The summed E-state index contributed by atoms with van der Waals surface area (Å²) in [6, 6.07) is 2.76. The zero-order valence-electron chi connectivity index (χ0n) is 8.93. The summed E-state index contributed by atoms with van der Waals surface area (Å²) in [7, 11) is 1.36. The van der Waals surface area contributed by atoms with Crippen LogP contribution in [0, 0.1) is 11.6 Å². The van der Waals surface area contributed by atoms with Crippen LogP contribution in [0.5, 0.6) is 5.75 Å². The Bertz CT molecular complexity index is 367. The van der Waals surface area contributed by atoms with Gasteiger partial charge in [-0.15, -0.1) is 12.4 Å². The second-order valence-corrected chi connectivity index (χ2v) is 3.67. The number of halogens is 3.